The van der Waals surface area contributed by atoms with E-state index in [-0.39, 0.29) is 5.54 Å². The van der Waals surface area contributed by atoms with Crippen molar-refractivity contribution in [2.24, 2.45) is 11.8 Å². The summed E-state index contributed by atoms with van der Waals surface area (Å²) in [6, 6.07) is 0.823. The smallest absolute Gasteiger partial charge is 0.0133 e. The van der Waals surface area contributed by atoms with E-state index in [2.05, 4.69) is 51.9 Å². The zero-order valence-corrected chi connectivity index (χ0v) is 12.7. The third kappa shape index (κ3) is 5.39. The largest absolute Gasteiger partial charge is 0.312 e. The third-order valence-electron chi connectivity index (χ3n) is 3.90. The van der Waals surface area contributed by atoms with Gasteiger partial charge in [-0.3, -0.25) is 0 Å². The zero-order chi connectivity index (χ0) is 13.1. The number of nitrogens with one attached hydrogen (secondary N) is 1. The summed E-state index contributed by atoms with van der Waals surface area (Å²) in [7, 11) is 2.30. The van der Waals surface area contributed by atoms with Crippen molar-refractivity contribution in [1.29, 1.82) is 0 Å². The predicted octanol–water partition coefficient (Wildman–Crippen LogP) is 3.13. The van der Waals surface area contributed by atoms with E-state index in [1.54, 1.807) is 0 Å². The average Bonchev–Trinajstić information content (AvgIpc) is 2.11. The maximum Gasteiger partial charge on any atom is 0.0133 e. The second-order valence-electron chi connectivity index (χ2n) is 7.20. The van der Waals surface area contributed by atoms with Gasteiger partial charge in [0.15, 0.2) is 0 Å². The summed E-state index contributed by atoms with van der Waals surface area (Å²) in [6.07, 6.45) is 4.12. The molecule has 0 amide bonds. The van der Waals surface area contributed by atoms with E-state index in [1.165, 1.54) is 32.4 Å². The van der Waals surface area contributed by atoms with Crippen LogP contribution in [0.25, 0.3) is 0 Å². The van der Waals surface area contributed by atoms with Gasteiger partial charge < -0.3 is 10.2 Å². The third-order valence-corrected chi connectivity index (χ3v) is 3.90. The first kappa shape index (κ1) is 15.0. The highest BCUT2D eigenvalue weighted by atomic mass is 15.1. The first-order valence-corrected chi connectivity index (χ1v) is 7.25. The van der Waals surface area contributed by atoms with Crippen molar-refractivity contribution in [3.05, 3.63) is 0 Å². The summed E-state index contributed by atoms with van der Waals surface area (Å²) < 4.78 is 0. The number of nitrogens with zero attached hydrogens (tertiary/aromatic N) is 1. The Bertz CT molecular complexity index is 217. The molecule has 102 valence electrons. The SMILES string of the molecule is CC(C)CCN(C)C1CCC1CNC(C)(C)C. The van der Waals surface area contributed by atoms with E-state index < -0.39 is 0 Å². The van der Waals surface area contributed by atoms with E-state index in [4.69, 9.17) is 0 Å². The number of hydrogen-bond acceptors (Lipinski definition) is 2. The molecule has 0 aliphatic heterocycles. The Balaban J connectivity index is 2.25. The van der Waals surface area contributed by atoms with Crippen LogP contribution in [0.5, 0.6) is 0 Å². The summed E-state index contributed by atoms with van der Waals surface area (Å²) in [4.78, 5) is 2.58. The highest BCUT2D eigenvalue weighted by molar-refractivity contribution is 4.90. The summed E-state index contributed by atoms with van der Waals surface area (Å²) in [6.45, 7) is 13.8. The first-order valence-electron chi connectivity index (χ1n) is 7.25. The number of rotatable bonds is 6. The molecule has 1 fully saturated rings. The van der Waals surface area contributed by atoms with Gasteiger partial charge in [0, 0.05) is 11.6 Å². The van der Waals surface area contributed by atoms with Crippen LogP contribution in [0.2, 0.25) is 0 Å². The van der Waals surface area contributed by atoms with Gasteiger partial charge in [0.05, 0.1) is 0 Å². The molecule has 2 unspecified atom stereocenters. The molecule has 2 nitrogen and oxygen atoms in total. The fourth-order valence-corrected chi connectivity index (χ4v) is 2.43. The van der Waals surface area contributed by atoms with Crippen molar-refractivity contribution in [3.8, 4) is 0 Å². The molecular formula is C15H32N2. The van der Waals surface area contributed by atoms with Crippen molar-refractivity contribution in [1.82, 2.24) is 10.2 Å². The second kappa shape index (κ2) is 6.19. The van der Waals surface area contributed by atoms with Gasteiger partial charge >= 0.3 is 0 Å². The van der Waals surface area contributed by atoms with E-state index in [1.807, 2.05) is 0 Å². The maximum absolute atomic E-state index is 3.65. The lowest BCUT2D eigenvalue weighted by Gasteiger charge is -2.44. The van der Waals surface area contributed by atoms with Crippen LogP contribution in [0.15, 0.2) is 0 Å². The molecular weight excluding hydrogens is 208 g/mol. The van der Waals surface area contributed by atoms with Gasteiger partial charge in [0.25, 0.3) is 0 Å². The molecule has 1 N–H and O–H groups in total. The Morgan fingerprint density at radius 2 is 1.88 bits per heavy atom. The fraction of sp³-hybridized carbons (Fsp3) is 1.00. The van der Waals surface area contributed by atoms with Gasteiger partial charge in [-0.05, 0) is 72.0 Å². The number of hydrogen-bond donors (Lipinski definition) is 1. The molecule has 1 aliphatic rings. The van der Waals surface area contributed by atoms with E-state index in [9.17, 15) is 0 Å². The minimum atomic E-state index is 0.261. The Kier molecular flexibility index (Phi) is 5.46. The van der Waals surface area contributed by atoms with Gasteiger partial charge in [-0.15, -0.1) is 0 Å². The molecule has 2 heteroatoms. The van der Waals surface area contributed by atoms with Crippen molar-refractivity contribution in [2.45, 2.75) is 65.5 Å². The van der Waals surface area contributed by atoms with Crippen LogP contribution in [0.1, 0.15) is 53.9 Å². The van der Waals surface area contributed by atoms with Crippen LogP contribution in [0, 0.1) is 11.8 Å². The van der Waals surface area contributed by atoms with Crippen LogP contribution in [0.4, 0.5) is 0 Å². The Morgan fingerprint density at radius 3 is 2.29 bits per heavy atom. The van der Waals surface area contributed by atoms with Gasteiger partial charge in [-0.2, -0.15) is 0 Å². The van der Waals surface area contributed by atoms with Crippen molar-refractivity contribution >= 4 is 0 Å². The molecule has 0 aromatic heterocycles. The molecule has 0 saturated heterocycles. The Labute approximate surface area is 108 Å². The minimum Gasteiger partial charge on any atom is -0.312 e. The summed E-state index contributed by atoms with van der Waals surface area (Å²) >= 11 is 0. The lowest BCUT2D eigenvalue weighted by atomic mass is 9.78. The normalized spacial score (nSPS) is 25.4. The van der Waals surface area contributed by atoms with E-state index in [0.29, 0.717) is 0 Å². The summed E-state index contributed by atoms with van der Waals surface area (Å²) in [5.41, 5.74) is 0.261. The topological polar surface area (TPSA) is 15.3 Å². The molecule has 0 spiro atoms. The van der Waals surface area contributed by atoms with Gasteiger partial charge in [-0.25, -0.2) is 0 Å². The minimum absolute atomic E-state index is 0.261. The van der Waals surface area contributed by atoms with Gasteiger partial charge in [-0.1, -0.05) is 13.8 Å². The van der Waals surface area contributed by atoms with Crippen molar-refractivity contribution in [3.63, 3.8) is 0 Å². The highest BCUT2D eigenvalue weighted by Crippen LogP contribution is 2.31. The quantitative estimate of drug-likeness (QED) is 0.767. The van der Waals surface area contributed by atoms with Gasteiger partial charge in [0.2, 0.25) is 0 Å². The van der Waals surface area contributed by atoms with E-state index >= 15 is 0 Å². The highest BCUT2D eigenvalue weighted by Gasteiger charge is 2.33. The first-order chi connectivity index (χ1) is 7.79. The van der Waals surface area contributed by atoms with Crippen LogP contribution < -0.4 is 5.32 Å². The fourth-order valence-electron chi connectivity index (χ4n) is 2.43. The molecule has 0 bridgehead atoms. The standard InChI is InChI=1S/C15H32N2/c1-12(2)9-10-17(6)14-8-7-13(14)11-16-15(3,4)5/h12-14,16H,7-11H2,1-6H3. The molecule has 17 heavy (non-hydrogen) atoms. The zero-order valence-electron chi connectivity index (χ0n) is 12.7. The van der Waals surface area contributed by atoms with Crippen molar-refractivity contribution < 1.29 is 0 Å². The molecule has 0 aromatic carbocycles. The lowest BCUT2D eigenvalue weighted by Crippen LogP contribution is -2.51. The average molecular weight is 240 g/mol. The lowest BCUT2D eigenvalue weighted by molar-refractivity contribution is 0.0759. The molecule has 0 aromatic rings. The summed E-state index contributed by atoms with van der Waals surface area (Å²) in [5.74, 6) is 1.69. The molecule has 2 atom stereocenters. The molecule has 1 aliphatic carbocycles. The Morgan fingerprint density at radius 1 is 1.24 bits per heavy atom. The predicted molar refractivity (Wildman–Crippen MR) is 76.4 cm³/mol. The Hall–Kier alpha value is -0.0800. The molecule has 1 rings (SSSR count). The summed E-state index contributed by atoms with van der Waals surface area (Å²) in [5, 5.41) is 3.65. The van der Waals surface area contributed by atoms with Crippen LogP contribution in [-0.4, -0.2) is 36.6 Å². The monoisotopic (exact) mass is 240 g/mol. The molecule has 1 saturated carbocycles. The second-order valence-corrected chi connectivity index (χ2v) is 7.20. The van der Waals surface area contributed by atoms with Crippen LogP contribution >= 0.6 is 0 Å². The van der Waals surface area contributed by atoms with Gasteiger partial charge in [0.1, 0.15) is 0 Å². The molecule has 0 heterocycles. The van der Waals surface area contributed by atoms with E-state index in [0.717, 1.165) is 17.9 Å². The maximum atomic E-state index is 3.65. The van der Waals surface area contributed by atoms with Crippen molar-refractivity contribution in [2.75, 3.05) is 20.1 Å². The van der Waals surface area contributed by atoms with Crippen LogP contribution in [0.3, 0.4) is 0 Å². The van der Waals surface area contributed by atoms with Crippen LogP contribution in [-0.2, 0) is 0 Å². The molecule has 0 radical (unpaired) electrons.